The van der Waals surface area contributed by atoms with Crippen molar-refractivity contribution in [3.63, 3.8) is 0 Å². The van der Waals surface area contributed by atoms with Crippen LogP contribution in [0.25, 0.3) is 10.9 Å². The van der Waals surface area contributed by atoms with E-state index in [-0.39, 0.29) is 0 Å². The van der Waals surface area contributed by atoms with Crippen molar-refractivity contribution in [3.05, 3.63) is 24.0 Å². The maximum atomic E-state index is 5.33. The van der Waals surface area contributed by atoms with Gasteiger partial charge in [0.25, 0.3) is 0 Å². The molecule has 5 heteroatoms. The summed E-state index contributed by atoms with van der Waals surface area (Å²) in [6.45, 7) is 6.01. The van der Waals surface area contributed by atoms with Crippen LogP contribution < -0.4 is 15.0 Å². The van der Waals surface area contributed by atoms with E-state index in [1.165, 1.54) is 0 Å². The largest absolute Gasteiger partial charge is 0.497 e. The monoisotopic (exact) mass is 272 g/mol. The van der Waals surface area contributed by atoms with Crippen LogP contribution >= 0.6 is 0 Å². The molecule has 1 fully saturated rings. The Morgan fingerprint density at radius 1 is 1.20 bits per heavy atom. The van der Waals surface area contributed by atoms with Gasteiger partial charge >= 0.3 is 0 Å². The molecular formula is C15H20N4O. The predicted molar refractivity (Wildman–Crippen MR) is 80.5 cm³/mol. The van der Waals surface area contributed by atoms with Crippen LogP contribution in [0.15, 0.2) is 18.2 Å². The zero-order valence-electron chi connectivity index (χ0n) is 12.0. The summed E-state index contributed by atoms with van der Waals surface area (Å²) in [6.07, 6.45) is 1.13. The van der Waals surface area contributed by atoms with Crippen LogP contribution in [-0.2, 0) is 0 Å². The van der Waals surface area contributed by atoms with Crippen molar-refractivity contribution in [1.29, 1.82) is 0 Å². The number of hydrogen-bond acceptors (Lipinski definition) is 5. The Labute approximate surface area is 119 Å². The van der Waals surface area contributed by atoms with Crippen LogP contribution in [0.2, 0.25) is 0 Å². The normalized spacial score (nSPS) is 16.2. The van der Waals surface area contributed by atoms with E-state index in [9.17, 15) is 0 Å². The molecule has 0 saturated carbocycles. The summed E-state index contributed by atoms with van der Waals surface area (Å²) >= 11 is 0. The van der Waals surface area contributed by atoms with Crippen molar-refractivity contribution in [2.24, 2.45) is 0 Å². The molecule has 0 amide bonds. The fraction of sp³-hybridized carbons (Fsp3) is 0.467. The molecule has 1 N–H and O–H groups in total. The van der Waals surface area contributed by atoms with Crippen molar-refractivity contribution in [1.82, 2.24) is 15.3 Å². The number of methoxy groups -OCH3 is 1. The Bertz CT molecular complexity index is 606. The summed E-state index contributed by atoms with van der Waals surface area (Å²) in [5.41, 5.74) is 0.977. The van der Waals surface area contributed by atoms with Gasteiger partial charge in [0, 0.05) is 25.0 Å². The van der Waals surface area contributed by atoms with Crippen LogP contribution in [0.5, 0.6) is 5.75 Å². The summed E-state index contributed by atoms with van der Waals surface area (Å²) in [6, 6.07) is 5.98. The van der Waals surface area contributed by atoms with Gasteiger partial charge < -0.3 is 15.0 Å². The molecule has 0 atom stereocenters. The van der Waals surface area contributed by atoms with E-state index < -0.39 is 0 Å². The zero-order valence-corrected chi connectivity index (χ0v) is 12.0. The van der Waals surface area contributed by atoms with E-state index in [1.807, 2.05) is 25.1 Å². The van der Waals surface area contributed by atoms with Gasteiger partial charge in [0.1, 0.15) is 17.4 Å². The number of hydrogen-bond donors (Lipinski definition) is 1. The number of fused-ring (bicyclic) bond motifs is 1. The first-order valence-corrected chi connectivity index (χ1v) is 7.06. The van der Waals surface area contributed by atoms with E-state index in [4.69, 9.17) is 4.74 Å². The maximum Gasteiger partial charge on any atom is 0.140 e. The minimum atomic E-state index is 0.815. The van der Waals surface area contributed by atoms with Gasteiger partial charge in [-0.1, -0.05) is 0 Å². The second kappa shape index (κ2) is 5.63. The number of aromatic nitrogens is 2. The average molecular weight is 272 g/mol. The minimum Gasteiger partial charge on any atom is -0.497 e. The number of anilines is 1. The minimum absolute atomic E-state index is 0.815. The molecule has 0 aliphatic carbocycles. The Balaban J connectivity index is 2.11. The van der Waals surface area contributed by atoms with E-state index >= 15 is 0 Å². The van der Waals surface area contributed by atoms with Gasteiger partial charge in [-0.3, -0.25) is 0 Å². The molecule has 1 saturated heterocycles. The fourth-order valence-electron chi connectivity index (χ4n) is 2.63. The molecule has 2 heterocycles. The molecule has 0 spiro atoms. The summed E-state index contributed by atoms with van der Waals surface area (Å²) in [4.78, 5) is 11.5. The third-order valence-electron chi connectivity index (χ3n) is 3.63. The number of nitrogens with one attached hydrogen (secondary N) is 1. The third kappa shape index (κ3) is 2.54. The molecule has 20 heavy (non-hydrogen) atoms. The van der Waals surface area contributed by atoms with E-state index in [2.05, 4.69) is 20.2 Å². The molecule has 106 valence electrons. The number of ether oxygens (including phenoxy) is 1. The van der Waals surface area contributed by atoms with Crippen LogP contribution in [-0.4, -0.2) is 43.3 Å². The quantitative estimate of drug-likeness (QED) is 0.902. The van der Waals surface area contributed by atoms with Crippen molar-refractivity contribution in [2.45, 2.75) is 13.3 Å². The number of nitrogens with zero attached hydrogens (tertiary/aromatic N) is 3. The number of rotatable bonds is 2. The van der Waals surface area contributed by atoms with Crippen LogP contribution in [0.4, 0.5) is 5.82 Å². The van der Waals surface area contributed by atoms with Gasteiger partial charge in [0.05, 0.1) is 12.6 Å². The van der Waals surface area contributed by atoms with Crippen molar-refractivity contribution in [3.8, 4) is 5.75 Å². The summed E-state index contributed by atoms with van der Waals surface area (Å²) < 4.78 is 5.33. The number of aryl methyl sites for hydroxylation is 1. The van der Waals surface area contributed by atoms with Crippen molar-refractivity contribution < 1.29 is 4.74 Å². The second-order valence-corrected chi connectivity index (χ2v) is 5.07. The Kier molecular flexibility index (Phi) is 3.69. The lowest BCUT2D eigenvalue weighted by Gasteiger charge is -2.23. The van der Waals surface area contributed by atoms with E-state index in [1.54, 1.807) is 7.11 Å². The lowest BCUT2D eigenvalue weighted by Crippen LogP contribution is -2.29. The van der Waals surface area contributed by atoms with Gasteiger partial charge in [-0.2, -0.15) is 0 Å². The van der Waals surface area contributed by atoms with E-state index in [0.29, 0.717) is 0 Å². The molecular weight excluding hydrogens is 252 g/mol. The second-order valence-electron chi connectivity index (χ2n) is 5.07. The smallest absolute Gasteiger partial charge is 0.140 e. The van der Waals surface area contributed by atoms with Gasteiger partial charge in [0.2, 0.25) is 0 Å². The van der Waals surface area contributed by atoms with Crippen LogP contribution in [0.1, 0.15) is 12.2 Å². The third-order valence-corrected chi connectivity index (χ3v) is 3.63. The molecule has 1 aliphatic heterocycles. The Hall–Kier alpha value is -1.88. The molecule has 1 aliphatic rings. The molecule has 3 rings (SSSR count). The van der Waals surface area contributed by atoms with E-state index in [0.717, 1.165) is 60.9 Å². The Morgan fingerprint density at radius 2 is 2.10 bits per heavy atom. The van der Waals surface area contributed by atoms with Gasteiger partial charge in [-0.25, -0.2) is 9.97 Å². The first kappa shape index (κ1) is 13.1. The molecule has 0 bridgehead atoms. The maximum absolute atomic E-state index is 5.33. The SMILES string of the molecule is COc1ccc2nc(C)nc(N3CCCNCC3)c2c1. The zero-order chi connectivity index (χ0) is 13.9. The summed E-state index contributed by atoms with van der Waals surface area (Å²) in [5, 5.41) is 4.49. The number of benzene rings is 1. The van der Waals surface area contributed by atoms with Gasteiger partial charge in [-0.05, 0) is 38.1 Å². The highest BCUT2D eigenvalue weighted by Crippen LogP contribution is 2.28. The van der Waals surface area contributed by atoms with Crippen molar-refractivity contribution in [2.75, 3.05) is 38.2 Å². The standard InChI is InChI=1S/C15H20N4O/c1-11-17-14-5-4-12(20-2)10-13(14)15(18-11)19-8-3-6-16-7-9-19/h4-5,10,16H,3,6-9H2,1-2H3. The molecule has 0 unspecified atom stereocenters. The lowest BCUT2D eigenvalue weighted by atomic mass is 10.2. The van der Waals surface area contributed by atoms with Crippen LogP contribution in [0.3, 0.4) is 0 Å². The topological polar surface area (TPSA) is 50.3 Å². The highest BCUT2D eigenvalue weighted by Gasteiger charge is 2.15. The van der Waals surface area contributed by atoms with Crippen molar-refractivity contribution >= 4 is 16.7 Å². The van der Waals surface area contributed by atoms with Crippen LogP contribution in [0, 0.1) is 6.92 Å². The molecule has 5 nitrogen and oxygen atoms in total. The van der Waals surface area contributed by atoms with Gasteiger partial charge in [-0.15, -0.1) is 0 Å². The van der Waals surface area contributed by atoms with Gasteiger partial charge in [0.15, 0.2) is 0 Å². The fourth-order valence-corrected chi connectivity index (χ4v) is 2.63. The highest BCUT2D eigenvalue weighted by atomic mass is 16.5. The molecule has 1 aromatic heterocycles. The molecule has 0 radical (unpaired) electrons. The summed E-state index contributed by atoms with van der Waals surface area (Å²) in [7, 11) is 1.69. The molecule has 2 aromatic rings. The first-order valence-electron chi connectivity index (χ1n) is 7.06. The Morgan fingerprint density at radius 3 is 2.95 bits per heavy atom. The first-order chi connectivity index (χ1) is 9.78. The predicted octanol–water partition coefficient (Wildman–Crippen LogP) is 1.75. The highest BCUT2D eigenvalue weighted by molar-refractivity contribution is 5.90. The average Bonchev–Trinajstić information content (AvgIpc) is 2.75. The molecule has 1 aromatic carbocycles. The summed E-state index contributed by atoms with van der Waals surface area (Å²) in [5.74, 6) is 2.68. The lowest BCUT2D eigenvalue weighted by molar-refractivity contribution is 0.415.